The van der Waals surface area contributed by atoms with Crippen molar-refractivity contribution in [2.45, 2.75) is 39.7 Å². The number of rotatable bonds is 7. The van der Waals surface area contributed by atoms with Gasteiger partial charge in [0.1, 0.15) is 17.4 Å². The van der Waals surface area contributed by atoms with Gasteiger partial charge in [-0.25, -0.2) is 0 Å². The largest absolute Gasteiger partial charge is 0.494 e. The quantitative estimate of drug-likeness (QED) is 0.618. The molecule has 0 aromatic heterocycles. The summed E-state index contributed by atoms with van der Waals surface area (Å²) < 4.78 is 5.49. The minimum absolute atomic E-state index is 0.0547. The van der Waals surface area contributed by atoms with E-state index in [4.69, 9.17) is 10.00 Å². The van der Waals surface area contributed by atoms with Gasteiger partial charge in [-0.15, -0.1) is 0 Å². The van der Waals surface area contributed by atoms with Gasteiger partial charge in [-0.1, -0.05) is 26.0 Å². The van der Waals surface area contributed by atoms with E-state index in [1.807, 2.05) is 51.1 Å². The van der Waals surface area contributed by atoms with Crippen molar-refractivity contribution >= 4 is 12.0 Å². The zero-order chi connectivity index (χ0) is 15.7. The van der Waals surface area contributed by atoms with E-state index in [2.05, 4.69) is 5.32 Å². The average molecular weight is 286 g/mol. The molecule has 1 atom stereocenters. The van der Waals surface area contributed by atoms with Crippen LogP contribution >= 0.6 is 0 Å². The third-order valence-corrected chi connectivity index (χ3v) is 3.02. The van der Waals surface area contributed by atoms with Crippen LogP contribution in [0, 0.1) is 11.3 Å². The van der Waals surface area contributed by atoms with Gasteiger partial charge in [-0.3, -0.25) is 4.79 Å². The fraction of sp³-hybridized carbons (Fsp3) is 0.412. The molecule has 0 heterocycles. The first kappa shape index (κ1) is 16.8. The van der Waals surface area contributed by atoms with Crippen LogP contribution in [0.5, 0.6) is 5.75 Å². The highest BCUT2D eigenvalue weighted by Crippen LogP contribution is 2.15. The van der Waals surface area contributed by atoms with E-state index in [0.717, 1.165) is 24.2 Å². The van der Waals surface area contributed by atoms with E-state index in [9.17, 15) is 4.79 Å². The summed E-state index contributed by atoms with van der Waals surface area (Å²) >= 11 is 0. The number of nitrogens with one attached hydrogen (secondary N) is 1. The Bertz CT molecular complexity index is 527. The molecule has 4 nitrogen and oxygen atoms in total. The number of ether oxygens (including phenoxy) is 1. The molecule has 0 aliphatic carbocycles. The summed E-state index contributed by atoms with van der Waals surface area (Å²) in [6.07, 6.45) is 3.37. The Hall–Kier alpha value is -2.28. The second kappa shape index (κ2) is 8.80. The first-order valence-corrected chi connectivity index (χ1v) is 7.26. The van der Waals surface area contributed by atoms with Gasteiger partial charge in [-0.2, -0.15) is 5.26 Å². The molecule has 0 aliphatic rings. The molecule has 1 unspecified atom stereocenters. The fourth-order valence-corrected chi connectivity index (χ4v) is 1.60. The predicted molar refractivity (Wildman–Crippen MR) is 83.7 cm³/mol. The normalized spacial score (nSPS) is 12.4. The van der Waals surface area contributed by atoms with E-state index >= 15 is 0 Å². The lowest BCUT2D eigenvalue weighted by atomic mass is 10.1. The van der Waals surface area contributed by atoms with Crippen LogP contribution in [0.3, 0.4) is 0 Å². The van der Waals surface area contributed by atoms with Crippen LogP contribution in [0.2, 0.25) is 0 Å². The van der Waals surface area contributed by atoms with Crippen molar-refractivity contribution in [2.24, 2.45) is 0 Å². The maximum Gasteiger partial charge on any atom is 0.262 e. The van der Waals surface area contributed by atoms with Gasteiger partial charge in [0.2, 0.25) is 0 Å². The standard InChI is InChI=1S/C17H22N2O2/c1-4-10-21-16-8-6-14(7-9-16)11-15(12-18)17(20)19-13(3)5-2/h6-9,11,13H,4-5,10H2,1-3H3,(H,19,20)/b15-11+. The predicted octanol–water partition coefficient (Wildman–Crippen LogP) is 3.30. The second-order valence-corrected chi connectivity index (χ2v) is 4.87. The first-order valence-electron chi connectivity index (χ1n) is 7.26. The Balaban J connectivity index is 2.78. The van der Waals surface area contributed by atoms with Crippen molar-refractivity contribution < 1.29 is 9.53 Å². The first-order chi connectivity index (χ1) is 10.1. The molecule has 1 amide bonds. The number of carbonyl (C=O) groups is 1. The number of amides is 1. The molecule has 1 aromatic carbocycles. The molecule has 0 radical (unpaired) electrons. The average Bonchev–Trinajstić information content (AvgIpc) is 2.51. The summed E-state index contributed by atoms with van der Waals surface area (Å²) in [5.41, 5.74) is 0.909. The Morgan fingerprint density at radius 2 is 2.05 bits per heavy atom. The number of nitriles is 1. The molecule has 4 heteroatoms. The Morgan fingerprint density at radius 3 is 2.57 bits per heavy atom. The van der Waals surface area contributed by atoms with Crippen molar-refractivity contribution in [1.29, 1.82) is 5.26 Å². The van der Waals surface area contributed by atoms with E-state index in [0.29, 0.717) is 6.61 Å². The maximum absolute atomic E-state index is 11.9. The van der Waals surface area contributed by atoms with Crippen molar-refractivity contribution in [3.05, 3.63) is 35.4 Å². The van der Waals surface area contributed by atoms with Crippen LogP contribution in [-0.2, 0) is 4.79 Å². The van der Waals surface area contributed by atoms with Gasteiger partial charge in [-0.05, 0) is 43.5 Å². The second-order valence-electron chi connectivity index (χ2n) is 4.87. The summed E-state index contributed by atoms with van der Waals surface area (Å²) in [4.78, 5) is 11.9. The summed E-state index contributed by atoms with van der Waals surface area (Å²) in [7, 11) is 0. The molecule has 0 spiro atoms. The van der Waals surface area contributed by atoms with Crippen LogP contribution in [0.15, 0.2) is 29.8 Å². The molecule has 0 saturated carbocycles. The third kappa shape index (κ3) is 5.70. The number of nitrogens with zero attached hydrogens (tertiary/aromatic N) is 1. The highest BCUT2D eigenvalue weighted by atomic mass is 16.5. The smallest absolute Gasteiger partial charge is 0.262 e. The molecule has 112 valence electrons. The zero-order valence-electron chi connectivity index (χ0n) is 12.8. The van der Waals surface area contributed by atoms with Gasteiger partial charge in [0.05, 0.1) is 6.61 Å². The number of carbonyl (C=O) groups excluding carboxylic acids is 1. The summed E-state index contributed by atoms with van der Waals surface area (Å²) in [6.45, 7) is 6.62. The zero-order valence-corrected chi connectivity index (χ0v) is 12.8. The Kier molecular flexibility index (Phi) is 7.03. The minimum Gasteiger partial charge on any atom is -0.494 e. The minimum atomic E-state index is -0.335. The lowest BCUT2D eigenvalue weighted by molar-refractivity contribution is -0.117. The van der Waals surface area contributed by atoms with Crippen molar-refractivity contribution in [1.82, 2.24) is 5.32 Å². The molecule has 0 bridgehead atoms. The third-order valence-electron chi connectivity index (χ3n) is 3.02. The van der Waals surface area contributed by atoms with E-state index in [-0.39, 0.29) is 17.5 Å². The van der Waals surface area contributed by atoms with Crippen LogP contribution in [0.25, 0.3) is 6.08 Å². The molecular weight excluding hydrogens is 264 g/mol. The van der Waals surface area contributed by atoms with Gasteiger partial charge in [0.15, 0.2) is 0 Å². The van der Waals surface area contributed by atoms with Gasteiger partial charge < -0.3 is 10.1 Å². The fourth-order valence-electron chi connectivity index (χ4n) is 1.60. The van der Waals surface area contributed by atoms with Crippen LogP contribution in [-0.4, -0.2) is 18.6 Å². The highest BCUT2D eigenvalue weighted by Gasteiger charge is 2.11. The summed E-state index contributed by atoms with van der Waals surface area (Å²) in [5.74, 6) is 0.453. The van der Waals surface area contributed by atoms with Gasteiger partial charge >= 0.3 is 0 Å². The van der Waals surface area contributed by atoms with Crippen molar-refractivity contribution in [3.8, 4) is 11.8 Å². The summed E-state index contributed by atoms with van der Waals surface area (Å²) in [6, 6.07) is 9.34. The van der Waals surface area contributed by atoms with E-state index in [1.165, 1.54) is 0 Å². The highest BCUT2D eigenvalue weighted by molar-refractivity contribution is 6.01. The lowest BCUT2D eigenvalue weighted by Crippen LogP contribution is -2.32. The molecule has 1 aromatic rings. The molecule has 0 aliphatic heterocycles. The van der Waals surface area contributed by atoms with Crippen LogP contribution in [0.4, 0.5) is 0 Å². The molecular formula is C17H22N2O2. The van der Waals surface area contributed by atoms with Gasteiger partial charge in [0, 0.05) is 6.04 Å². The number of hydrogen-bond acceptors (Lipinski definition) is 3. The van der Waals surface area contributed by atoms with Gasteiger partial charge in [0.25, 0.3) is 5.91 Å². The maximum atomic E-state index is 11.9. The van der Waals surface area contributed by atoms with Crippen LogP contribution < -0.4 is 10.1 Å². The number of hydrogen-bond donors (Lipinski definition) is 1. The molecule has 1 N–H and O–H groups in total. The molecule has 1 rings (SSSR count). The molecule has 0 fully saturated rings. The van der Waals surface area contributed by atoms with E-state index in [1.54, 1.807) is 6.08 Å². The van der Waals surface area contributed by atoms with Crippen molar-refractivity contribution in [2.75, 3.05) is 6.61 Å². The molecule has 0 saturated heterocycles. The Labute approximate surface area is 126 Å². The number of benzene rings is 1. The Morgan fingerprint density at radius 1 is 1.38 bits per heavy atom. The SMILES string of the molecule is CCCOc1ccc(/C=C(\C#N)C(=O)NC(C)CC)cc1. The van der Waals surface area contributed by atoms with Crippen molar-refractivity contribution in [3.63, 3.8) is 0 Å². The van der Waals surface area contributed by atoms with E-state index < -0.39 is 0 Å². The monoisotopic (exact) mass is 286 g/mol. The lowest BCUT2D eigenvalue weighted by Gasteiger charge is -2.10. The topological polar surface area (TPSA) is 62.1 Å². The molecule has 21 heavy (non-hydrogen) atoms. The van der Waals surface area contributed by atoms with Crippen LogP contribution in [0.1, 0.15) is 39.2 Å². The summed E-state index contributed by atoms with van der Waals surface area (Å²) in [5, 5.41) is 11.9.